The minimum Gasteiger partial charge on any atom is -1.00 e. The SMILES string of the molecule is CC(CCO)=c1ccc2c(c1NC(C)(C)C)[C-]=c1ccccc1=2.[Cl-].[Cl-].[Zr+3]. The van der Waals surface area contributed by atoms with Crippen molar-refractivity contribution in [1.82, 2.24) is 0 Å². The van der Waals surface area contributed by atoms with Crippen LogP contribution in [0, 0.1) is 10.4 Å². The van der Waals surface area contributed by atoms with E-state index in [1.54, 1.807) is 0 Å². The Morgan fingerprint density at radius 3 is 2.31 bits per heavy atom. The van der Waals surface area contributed by atoms with Gasteiger partial charge < -0.3 is 35.2 Å². The standard InChI is InChI=1S/C21H24NO.2ClH.Zr/c1-14(11-12-23)16-9-10-18-17-8-6-5-7-15(17)13-19(18)20(16)22-21(2,3)4;;;/h5-10,22-23H,11-12H2,1-4H3;2*1H;/q-1;;;+3/p-2. The van der Waals surface area contributed by atoms with Crippen LogP contribution in [0.2, 0.25) is 0 Å². The van der Waals surface area contributed by atoms with Gasteiger partial charge in [0.1, 0.15) is 0 Å². The maximum absolute atomic E-state index is 9.30. The maximum atomic E-state index is 9.30. The van der Waals surface area contributed by atoms with E-state index in [1.807, 2.05) is 0 Å². The molecule has 0 saturated carbocycles. The quantitative estimate of drug-likeness (QED) is 0.396. The van der Waals surface area contributed by atoms with Gasteiger partial charge in [-0.1, -0.05) is 41.5 Å². The molecule has 0 amide bonds. The molecule has 0 atom stereocenters. The van der Waals surface area contributed by atoms with Gasteiger partial charge in [0.25, 0.3) is 0 Å². The van der Waals surface area contributed by atoms with Gasteiger partial charge in [0.2, 0.25) is 0 Å². The summed E-state index contributed by atoms with van der Waals surface area (Å²) in [6.07, 6.45) is 4.25. The largest absolute Gasteiger partial charge is 3.00 e. The first-order valence-electron chi connectivity index (χ1n) is 8.16. The molecule has 1 radical (unpaired) electrons. The van der Waals surface area contributed by atoms with Crippen LogP contribution >= 0.6 is 0 Å². The van der Waals surface area contributed by atoms with E-state index in [-0.39, 0.29) is 63.2 Å². The molecule has 137 valence electrons. The molecule has 5 heteroatoms. The summed E-state index contributed by atoms with van der Waals surface area (Å²) >= 11 is 0. The van der Waals surface area contributed by atoms with Gasteiger partial charge in [-0.3, -0.25) is 0 Å². The first-order chi connectivity index (χ1) is 10.9. The van der Waals surface area contributed by atoms with E-state index in [0.29, 0.717) is 6.42 Å². The third-order valence-electron chi connectivity index (χ3n) is 4.13. The first kappa shape index (κ1) is 25.4. The zero-order valence-electron chi connectivity index (χ0n) is 15.6. The summed E-state index contributed by atoms with van der Waals surface area (Å²) in [5, 5.41) is 17.8. The van der Waals surface area contributed by atoms with E-state index in [4.69, 9.17) is 0 Å². The predicted octanol–water partition coefficient (Wildman–Crippen LogP) is -3.24. The molecule has 0 fully saturated rings. The number of hydrogen-bond donors (Lipinski definition) is 2. The molecule has 0 aromatic heterocycles. The number of hydrogen-bond acceptors (Lipinski definition) is 2. The van der Waals surface area contributed by atoms with Crippen molar-refractivity contribution in [2.45, 2.75) is 39.7 Å². The average Bonchev–Trinajstić information content (AvgIpc) is 2.85. The molecule has 0 saturated heterocycles. The summed E-state index contributed by atoms with van der Waals surface area (Å²) in [4.78, 5) is 0. The summed E-state index contributed by atoms with van der Waals surface area (Å²) in [5.74, 6) is 0. The molecule has 0 aliphatic heterocycles. The van der Waals surface area contributed by atoms with Gasteiger partial charge in [0.05, 0.1) is 0 Å². The Morgan fingerprint density at radius 1 is 1.04 bits per heavy atom. The van der Waals surface area contributed by atoms with Gasteiger partial charge in [0.15, 0.2) is 0 Å². The molecule has 0 heterocycles. The molecule has 2 aromatic carbocycles. The molecular formula is C21H24Cl2NOZr. The van der Waals surface area contributed by atoms with Gasteiger partial charge in [-0.25, -0.2) is 0 Å². The number of fused-ring (bicyclic) bond motifs is 2. The Kier molecular flexibility index (Phi) is 9.85. The van der Waals surface area contributed by atoms with Gasteiger partial charge in [-0.15, -0.1) is 27.8 Å². The van der Waals surface area contributed by atoms with Gasteiger partial charge in [-0.05, 0) is 45.0 Å². The van der Waals surface area contributed by atoms with Crippen LogP contribution in [0.4, 0.5) is 5.69 Å². The molecular weight excluding hydrogens is 444 g/mol. The van der Waals surface area contributed by atoms with Crippen LogP contribution in [0.5, 0.6) is 0 Å². The molecule has 1 aliphatic rings. The zero-order valence-corrected chi connectivity index (χ0v) is 19.6. The minimum absolute atomic E-state index is 0. The van der Waals surface area contributed by atoms with Crippen LogP contribution in [0.1, 0.15) is 39.7 Å². The van der Waals surface area contributed by atoms with Crippen molar-refractivity contribution in [2.24, 2.45) is 0 Å². The van der Waals surface area contributed by atoms with E-state index >= 15 is 0 Å². The average molecular weight is 469 g/mol. The molecule has 0 bridgehead atoms. The second-order valence-electron chi connectivity index (χ2n) is 7.21. The summed E-state index contributed by atoms with van der Waals surface area (Å²) < 4.78 is 0. The van der Waals surface area contributed by atoms with E-state index in [0.717, 1.165) is 16.5 Å². The fourth-order valence-electron chi connectivity index (χ4n) is 3.08. The number of rotatable bonds is 3. The Morgan fingerprint density at radius 2 is 1.69 bits per heavy atom. The molecule has 3 rings (SSSR count). The van der Waals surface area contributed by atoms with Crippen molar-refractivity contribution in [3.8, 4) is 0 Å². The summed E-state index contributed by atoms with van der Waals surface area (Å²) in [6.45, 7) is 8.76. The Hall–Kier alpha value is -0.597. The Labute approximate surface area is 187 Å². The number of anilines is 1. The molecule has 1 aliphatic carbocycles. The number of halogens is 2. The molecule has 0 spiro atoms. The van der Waals surface area contributed by atoms with Crippen LogP contribution in [-0.2, 0) is 26.2 Å². The second kappa shape index (κ2) is 10.1. The fraction of sp³-hybridized carbons (Fsp3) is 0.333. The number of nitrogens with one attached hydrogen (secondary N) is 1. The maximum Gasteiger partial charge on any atom is 3.00 e. The van der Waals surface area contributed by atoms with Crippen molar-refractivity contribution >= 4 is 17.3 Å². The Balaban J connectivity index is 0.00000208. The third kappa shape index (κ3) is 5.23. The molecule has 2 N–H and O–H groups in total. The molecule has 2 nitrogen and oxygen atoms in total. The van der Waals surface area contributed by atoms with Crippen LogP contribution in [0.3, 0.4) is 0 Å². The number of aliphatic hydroxyl groups is 1. The van der Waals surface area contributed by atoms with Gasteiger partial charge in [0, 0.05) is 12.1 Å². The zero-order chi connectivity index (χ0) is 16.6. The summed E-state index contributed by atoms with van der Waals surface area (Å²) in [7, 11) is 0. The van der Waals surface area contributed by atoms with Crippen molar-refractivity contribution in [3.05, 3.63) is 62.8 Å². The molecule has 26 heavy (non-hydrogen) atoms. The van der Waals surface area contributed by atoms with Crippen LogP contribution < -0.4 is 40.6 Å². The fourth-order valence-corrected chi connectivity index (χ4v) is 3.08. The first-order valence-corrected chi connectivity index (χ1v) is 8.16. The monoisotopic (exact) mass is 466 g/mol. The summed E-state index contributed by atoms with van der Waals surface area (Å²) in [6, 6.07) is 12.7. The van der Waals surface area contributed by atoms with Gasteiger partial charge >= 0.3 is 26.2 Å². The van der Waals surface area contributed by atoms with E-state index in [9.17, 15) is 5.11 Å². The topological polar surface area (TPSA) is 32.3 Å². The van der Waals surface area contributed by atoms with Crippen molar-refractivity contribution < 1.29 is 56.1 Å². The molecule has 2 aromatic rings. The minimum atomic E-state index is -0.0418. The van der Waals surface area contributed by atoms with E-state index in [2.05, 4.69) is 75.5 Å². The predicted molar refractivity (Wildman–Crippen MR) is 96.5 cm³/mol. The third-order valence-corrected chi connectivity index (χ3v) is 4.13. The number of aliphatic hydroxyl groups excluding tert-OH is 1. The summed E-state index contributed by atoms with van der Waals surface area (Å²) in [5.41, 5.74) is 3.41. The van der Waals surface area contributed by atoms with Crippen LogP contribution in [0.25, 0.3) is 11.6 Å². The normalized spacial score (nSPS) is 12.3. The van der Waals surface area contributed by atoms with Crippen molar-refractivity contribution in [2.75, 3.05) is 11.9 Å². The van der Waals surface area contributed by atoms with Crippen LogP contribution in [-0.4, -0.2) is 17.3 Å². The second-order valence-corrected chi connectivity index (χ2v) is 7.21. The molecule has 0 unspecified atom stereocenters. The smallest absolute Gasteiger partial charge is 1.00 e. The van der Waals surface area contributed by atoms with Crippen LogP contribution in [0.15, 0.2) is 36.4 Å². The van der Waals surface area contributed by atoms with E-state index in [1.165, 1.54) is 21.2 Å². The van der Waals surface area contributed by atoms with Crippen molar-refractivity contribution in [1.29, 1.82) is 0 Å². The van der Waals surface area contributed by atoms with Gasteiger partial charge in [-0.2, -0.15) is 0 Å². The van der Waals surface area contributed by atoms with Crippen molar-refractivity contribution in [3.63, 3.8) is 0 Å². The number of benzene rings is 2. The van der Waals surface area contributed by atoms with E-state index < -0.39 is 0 Å². The Bertz CT molecular complexity index is 965.